The van der Waals surface area contributed by atoms with Crippen LogP contribution < -0.4 is 19.6 Å². The van der Waals surface area contributed by atoms with Crippen molar-refractivity contribution in [3.8, 4) is 22.3 Å². The van der Waals surface area contributed by atoms with Gasteiger partial charge in [0.1, 0.15) is 11.2 Å². The summed E-state index contributed by atoms with van der Waals surface area (Å²) in [6.07, 6.45) is 0. The molecule has 1 aromatic heterocycles. The zero-order chi connectivity index (χ0) is 93.2. The van der Waals surface area contributed by atoms with Gasteiger partial charge in [0.15, 0.2) is 0 Å². The summed E-state index contributed by atoms with van der Waals surface area (Å²) in [5.74, 6) is 0. The zero-order valence-electron chi connectivity index (χ0n) is 77.2. The summed E-state index contributed by atoms with van der Waals surface area (Å²) >= 11 is 0. The highest BCUT2D eigenvalue weighted by Crippen LogP contribution is 2.50. The van der Waals surface area contributed by atoms with Crippen LogP contribution in [-0.2, 0) is 0 Å². The molecule has 1 heterocycles. The van der Waals surface area contributed by atoms with Gasteiger partial charge in [0.05, 0.1) is 11.4 Å². The molecule has 0 unspecified atom stereocenters. The van der Waals surface area contributed by atoms with Crippen molar-refractivity contribution in [2.75, 3.05) is 19.6 Å². The van der Waals surface area contributed by atoms with Gasteiger partial charge in [-0.3, -0.25) is 0 Å². The van der Waals surface area contributed by atoms with Crippen LogP contribution in [0.2, 0.25) is 0 Å². The number of furan rings is 1. The number of benzene rings is 27. The Balaban J connectivity index is 0.000000109. The molecule has 0 atom stereocenters. The summed E-state index contributed by atoms with van der Waals surface area (Å²) in [5.41, 5.74) is 20.2. The lowest BCUT2D eigenvalue weighted by molar-refractivity contribution is 0.669. The van der Waals surface area contributed by atoms with Gasteiger partial charge in [-0.2, -0.15) is 0 Å². The number of fused-ring (bicyclic) bond motifs is 23. The van der Waals surface area contributed by atoms with Gasteiger partial charge in [-0.1, -0.05) is 394 Å². The van der Waals surface area contributed by atoms with Gasteiger partial charge in [0.25, 0.3) is 0 Å². The van der Waals surface area contributed by atoms with Gasteiger partial charge in [-0.05, 0) is 303 Å². The molecule has 0 spiro atoms. The second kappa shape index (κ2) is 35.5. The fourth-order valence-electron chi connectivity index (χ4n) is 21.7. The van der Waals surface area contributed by atoms with E-state index in [2.05, 4.69) is 553 Å². The molecule has 0 aliphatic carbocycles. The molecule has 0 bridgehead atoms. The molecule has 5 heteroatoms. The van der Waals surface area contributed by atoms with E-state index in [1.807, 2.05) is 12.1 Å². The van der Waals surface area contributed by atoms with Gasteiger partial charge in [-0.25, -0.2) is 0 Å². The first kappa shape index (κ1) is 83.0. The van der Waals surface area contributed by atoms with E-state index in [9.17, 15) is 0 Å². The number of hydrogen-bond acceptors (Lipinski definition) is 5. The van der Waals surface area contributed by atoms with Crippen LogP contribution in [0.25, 0.3) is 184 Å². The molecular formula is C136H90N4O. The predicted molar refractivity (Wildman–Crippen MR) is 604 cm³/mol. The molecule has 0 fully saturated rings. The van der Waals surface area contributed by atoms with Crippen LogP contribution in [-0.4, -0.2) is 0 Å². The molecule has 5 nitrogen and oxygen atoms in total. The van der Waals surface area contributed by atoms with Crippen LogP contribution in [0.15, 0.2) is 550 Å². The lowest BCUT2D eigenvalue weighted by Crippen LogP contribution is -2.10. The molecule has 28 aromatic rings. The number of anilines is 12. The highest BCUT2D eigenvalue weighted by Gasteiger charge is 2.25. The normalized spacial score (nSPS) is 11.5. The van der Waals surface area contributed by atoms with Crippen molar-refractivity contribution in [1.82, 2.24) is 0 Å². The van der Waals surface area contributed by atoms with Crippen molar-refractivity contribution in [3.05, 3.63) is 546 Å². The minimum Gasteiger partial charge on any atom is -0.456 e. The SMILES string of the molecule is c1ccc(-c2ccc3cc(N(c4ccc5c(ccc6ccccc65)c4)c4ccc5ccc6c7ccccc7ccc6c5c4)ccc3c2)cc1.c1ccc(-c2cccc3c(N(c4ccc5c(ccc6c7ccccc7ccc56)c4)c4ccc5oc6ccccc6c5c4)cccc23)cc1.c1ccc(N(c2ccccc2)c2ccc3ccc4c5cccc(N(c6ccccc6)c6ccccc6)c5ccc4c3c2)cc1. The third-order valence-corrected chi connectivity index (χ3v) is 28.4. The molecule has 0 aliphatic rings. The Morgan fingerprint density at radius 1 is 0.113 bits per heavy atom. The van der Waals surface area contributed by atoms with Crippen LogP contribution >= 0.6 is 0 Å². The summed E-state index contributed by atoms with van der Waals surface area (Å²) in [4.78, 5) is 9.50. The van der Waals surface area contributed by atoms with Crippen molar-refractivity contribution < 1.29 is 4.42 Å². The highest BCUT2D eigenvalue weighted by molar-refractivity contribution is 6.23. The van der Waals surface area contributed by atoms with E-state index in [-0.39, 0.29) is 0 Å². The van der Waals surface area contributed by atoms with Crippen LogP contribution in [0.4, 0.5) is 68.2 Å². The first-order chi connectivity index (χ1) is 69.9. The standard InChI is InChI=1S/C48H31N.C46H29NO.C42H30N2/c1-2-8-32(9-3-1)36-15-16-38-29-40(23-19-37(38)28-36)49(41-24-27-45-39(30-41)17-14-33-10-4-6-12-43(33)45)42-22-18-35-21-25-46-44-13-7-5-11-34(44)20-26-47(46)48(35)31-42;1-2-10-30(11-3-1)36-15-8-17-41-38(36)16-9-18-44(41)47(34-23-27-46-43(29-34)42-14-6-7-19-45(42)48-46)33-22-26-37-32(28-33)21-25-39-35-13-5-4-12-31(35)20-24-40(37)39;1-5-14-32(15-6-1)43(33-16-7-2-8-17-33)36-26-24-31-25-27-38-37-22-13-23-42(40(37)29-28-39(38)41(31)30-36)44(34-18-9-3-10-19-34)35-20-11-4-12-21-35/h1-31H;1-29H;1-30H. The summed E-state index contributed by atoms with van der Waals surface area (Å²) in [6, 6.07) is 197. The van der Waals surface area contributed by atoms with Gasteiger partial charge in [0, 0.05) is 78.4 Å². The van der Waals surface area contributed by atoms with Gasteiger partial charge in [0.2, 0.25) is 0 Å². The van der Waals surface area contributed by atoms with Crippen molar-refractivity contribution in [3.63, 3.8) is 0 Å². The number of rotatable bonds is 14. The Kier molecular flexibility index (Phi) is 20.9. The molecule has 141 heavy (non-hydrogen) atoms. The van der Waals surface area contributed by atoms with E-state index >= 15 is 0 Å². The maximum Gasteiger partial charge on any atom is 0.135 e. The highest BCUT2D eigenvalue weighted by atomic mass is 16.3. The zero-order valence-corrected chi connectivity index (χ0v) is 77.2. The Hall–Kier alpha value is -18.7. The summed E-state index contributed by atoms with van der Waals surface area (Å²) in [5, 5.41) is 34.7. The first-order valence-corrected chi connectivity index (χ1v) is 48.4. The number of nitrogens with zero attached hydrogens (tertiary/aromatic N) is 4. The fraction of sp³-hybridized carbons (Fsp3) is 0. The second-order valence-corrected chi connectivity index (χ2v) is 36.5. The number of para-hydroxylation sites is 5. The average molecular weight is 1800 g/mol. The van der Waals surface area contributed by atoms with Crippen LogP contribution in [0.1, 0.15) is 0 Å². The Bertz CT molecular complexity index is 9630. The van der Waals surface area contributed by atoms with E-state index in [0.717, 1.165) is 90.2 Å². The second-order valence-electron chi connectivity index (χ2n) is 36.5. The Labute approximate surface area is 816 Å². The molecule has 0 saturated heterocycles. The maximum absolute atomic E-state index is 6.24. The van der Waals surface area contributed by atoms with Crippen molar-refractivity contribution in [2.24, 2.45) is 0 Å². The minimum absolute atomic E-state index is 0.890. The van der Waals surface area contributed by atoms with Crippen molar-refractivity contribution in [1.29, 1.82) is 0 Å². The molecule has 660 valence electrons. The molecule has 0 radical (unpaired) electrons. The summed E-state index contributed by atoms with van der Waals surface area (Å²) < 4.78 is 6.24. The van der Waals surface area contributed by atoms with Crippen molar-refractivity contribution in [2.45, 2.75) is 0 Å². The van der Waals surface area contributed by atoms with E-state index in [1.165, 1.54) is 162 Å². The lowest BCUT2D eigenvalue weighted by Gasteiger charge is -2.28. The van der Waals surface area contributed by atoms with Gasteiger partial charge >= 0.3 is 0 Å². The van der Waals surface area contributed by atoms with E-state index < -0.39 is 0 Å². The van der Waals surface area contributed by atoms with Crippen LogP contribution in [0, 0.1) is 0 Å². The lowest BCUT2D eigenvalue weighted by atomic mass is 9.95. The average Bonchev–Trinajstić information content (AvgIpc) is 1.75. The van der Waals surface area contributed by atoms with Crippen LogP contribution in [0.3, 0.4) is 0 Å². The third kappa shape index (κ3) is 15.2. The maximum atomic E-state index is 6.24. The van der Waals surface area contributed by atoms with E-state index in [4.69, 9.17) is 4.42 Å². The quantitative estimate of drug-likeness (QED) is 0.101. The molecule has 28 rings (SSSR count). The molecule has 0 N–H and O–H groups in total. The molecule has 0 aliphatic heterocycles. The Morgan fingerprint density at radius 2 is 0.390 bits per heavy atom. The third-order valence-electron chi connectivity index (χ3n) is 28.4. The van der Waals surface area contributed by atoms with Gasteiger partial charge in [-0.15, -0.1) is 0 Å². The first-order valence-electron chi connectivity index (χ1n) is 48.4. The molecular weight excluding hydrogens is 1710 g/mol. The van der Waals surface area contributed by atoms with E-state index in [1.54, 1.807) is 0 Å². The molecule has 0 saturated carbocycles. The molecule has 0 amide bonds. The fourth-order valence-corrected chi connectivity index (χ4v) is 21.7. The summed E-state index contributed by atoms with van der Waals surface area (Å²) in [7, 11) is 0. The topological polar surface area (TPSA) is 26.1 Å². The Morgan fingerprint density at radius 3 is 0.943 bits per heavy atom. The molecule has 27 aromatic carbocycles. The van der Waals surface area contributed by atoms with Crippen LogP contribution in [0.5, 0.6) is 0 Å². The largest absolute Gasteiger partial charge is 0.456 e. The minimum atomic E-state index is 0.890. The predicted octanol–water partition coefficient (Wildman–Crippen LogP) is 39.2. The van der Waals surface area contributed by atoms with E-state index in [0.29, 0.717) is 0 Å². The smallest absolute Gasteiger partial charge is 0.135 e. The summed E-state index contributed by atoms with van der Waals surface area (Å²) in [6.45, 7) is 0. The van der Waals surface area contributed by atoms with Crippen molar-refractivity contribution >= 4 is 230 Å². The van der Waals surface area contributed by atoms with Gasteiger partial charge < -0.3 is 24.0 Å². The number of hydrogen-bond donors (Lipinski definition) is 0. The monoisotopic (exact) mass is 1790 g/mol.